The summed E-state index contributed by atoms with van der Waals surface area (Å²) >= 11 is 0. The maximum Gasteiger partial charge on any atom is 0.191 e. The molecule has 1 aliphatic rings. The fraction of sp³-hybridized carbons (Fsp3) is 0.480. The van der Waals surface area contributed by atoms with Gasteiger partial charge in [-0.1, -0.05) is 36.4 Å². The summed E-state index contributed by atoms with van der Waals surface area (Å²) in [7, 11) is 1.72. The summed E-state index contributed by atoms with van der Waals surface area (Å²) in [6, 6.07) is 15.1. The van der Waals surface area contributed by atoms with E-state index in [1.165, 1.54) is 16.7 Å². The first-order valence-electron chi connectivity index (χ1n) is 11.2. The van der Waals surface area contributed by atoms with Crippen molar-refractivity contribution in [2.24, 2.45) is 4.99 Å². The predicted octanol–water partition coefficient (Wildman–Crippen LogP) is 3.75. The average Bonchev–Trinajstić information content (AvgIpc) is 2.79. The molecule has 2 N–H and O–H groups in total. The maximum atomic E-state index is 5.45. The van der Waals surface area contributed by atoms with E-state index in [9.17, 15) is 0 Å². The normalized spacial score (nSPS) is 14.5. The third-order valence-electron chi connectivity index (χ3n) is 5.44. The maximum absolute atomic E-state index is 5.45. The summed E-state index contributed by atoms with van der Waals surface area (Å²) in [5.41, 5.74) is 4.97. The van der Waals surface area contributed by atoms with Crippen LogP contribution in [0.25, 0.3) is 0 Å². The van der Waals surface area contributed by atoms with Crippen molar-refractivity contribution >= 4 is 29.9 Å². The Morgan fingerprint density at radius 3 is 2.59 bits per heavy atom. The SMILES string of the molecule is CCNC(=NCc1cccc(CN2CCOCC2)c1)NCCc1ccc(C)c(OC)c1.I. The van der Waals surface area contributed by atoms with E-state index in [0.29, 0.717) is 6.54 Å². The van der Waals surface area contributed by atoms with Gasteiger partial charge in [0.15, 0.2) is 5.96 Å². The summed E-state index contributed by atoms with van der Waals surface area (Å²) in [5.74, 6) is 1.79. The minimum Gasteiger partial charge on any atom is -0.496 e. The fourth-order valence-corrected chi connectivity index (χ4v) is 3.70. The molecule has 6 nitrogen and oxygen atoms in total. The summed E-state index contributed by atoms with van der Waals surface area (Å²) < 4.78 is 10.9. The molecule has 0 atom stereocenters. The number of morpholine rings is 1. The minimum atomic E-state index is 0. The number of nitrogens with zero attached hydrogens (tertiary/aromatic N) is 2. The number of nitrogens with one attached hydrogen (secondary N) is 2. The molecule has 1 heterocycles. The number of hydrogen-bond acceptors (Lipinski definition) is 4. The lowest BCUT2D eigenvalue weighted by Crippen LogP contribution is -2.38. The number of benzene rings is 2. The number of aryl methyl sites for hydroxylation is 1. The van der Waals surface area contributed by atoms with Crippen LogP contribution in [0.1, 0.15) is 29.2 Å². The number of hydrogen-bond donors (Lipinski definition) is 2. The van der Waals surface area contributed by atoms with E-state index < -0.39 is 0 Å². The molecule has 1 fully saturated rings. The molecule has 2 aromatic carbocycles. The summed E-state index contributed by atoms with van der Waals surface area (Å²) in [5, 5.41) is 6.79. The van der Waals surface area contributed by atoms with Gasteiger partial charge >= 0.3 is 0 Å². The highest BCUT2D eigenvalue weighted by Crippen LogP contribution is 2.19. The van der Waals surface area contributed by atoms with Crippen molar-refractivity contribution < 1.29 is 9.47 Å². The van der Waals surface area contributed by atoms with Crippen LogP contribution in [0.4, 0.5) is 0 Å². The van der Waals surface area contributed by atoms with E-state index in [4.69, 9.17) is 14.5 Å². The molecule has 0 aliphatic carbocycles. The lowest BCUT2D eigenvalue weighted by atomic mass is 10.1. The van der Waals surface area contributed by atoms with Gasteiger partial charge in [-0.25, -0.2) is 4.99 Å². The third-order valence-corrected chi connectivity index (χ3v) is 5.44. The molecular weight excluding hydrogens is 515 g/mol. The minimum absolute atomic E-state index is 0. The van der Waals surface area contributed by atoms with Crippen molar-refractivity contribution in [2.45, 2.75) is 33.4 Å². The molecule has 0 radical (unpaired) electrons. The van der Waals surface area contributed by atoms with Crippen molar-refractivity contribution in [3.05, 3.63) is 64.7 Å². The summed E-state index contributed by atoms with van der Waals surface area (Å²) in [6.07, 6.45) is 0.913. The van der Waals surface area contributed by atoms with Crippen LogP contribution < -0.4 is 15.4 Å². The number of methoxy groups -OCH3 is 1. The Labute approximate surface area is 209 Å². The van der Waals surface area contributed by atoms with Gasteiger partial charge in [0.2, 0.25) is 0 Å². The van der Waals surface area contributed by atoms with Crippen molar-refractivity contribution in [2.75, 3.05) is 46.5 Å². The second kappa shape index (κ2) is 14.3. The lowest BCUT2D eigenvalue weighted by molar-refractivity contribution is 0.0342. The summed E-state index contributed by atoms with van der Waals surface area (Å²) in [4.78, 5) is 7.23. The fourth-order valence-electron chi connectivity index (χ4n) is 3.70. The van der Waals surface area contributed by atoms with Crippen molar-refractivity contribution in [1.82, 2.24) is 15.5 Å². The Morgan fingerprint density at radius 1 is 1.06 bits per heavy atom. The van der Waals surface area contributed by atoms with Crippen molar-refractivity contribution in [3.63, 3.8) is 0 Å². The zero-order chi connectivity index (χ0) is 21.9. The highest BCUT2D eigenvalue weighted by Gasteiger charge is 2.10. The van der Waals surface area contributed by atoms with Crippen LogP contribution in [0.2, 0.25) is 0 Å². The molecule has 1 aliphatic heterocycles. The first kappa shape index (κ1) is 26.4. The molecule has 0 unspecified atom stereocenters. The second-order valence-electron chi connectivity index (χ2n) is 7.88. The Morgan fingerprint density at radius 2 is 1.84 bits per heavy atom. The Kier molecular flexibility index (Phi) is 11.8. The highest BCUT2D eigenvalue weighted by atomic mass is 127. The molecule has 0 spiro atoms. The van der Waals surface area contributed by atoms with E-state index in [0.717, 1.165) is 69.6 Å². The molecule has 2 aromatic rings. The summed E-state index contributed by atoms with van der Waals surface area (Å²) in [6.45, 7) is 11.1. The monoisotopic (exact) mass is 552 g/mol. The molecule has 1 saturated heterocycles. The molecular formula is C25H37IN4O2. The van der Waals surface area contributed by atoms with E-state index in [1.807, 2.05) is 0 Å². The molecule has 176 valence electrons. The number of ether oxygens (including phenoxy) is 2. The van der Waals surface area contributed by atoms with E-state index in [1.54, 1.807) is 7.11 Å². The van der Waals surface area contributed by atoms with Gasteiger partial charge in [0, 0.05) is 32.7 Å². The number of halogens is 1. The Bertz CT molecular complexity index is 854. The highest BCUT2D eigenvalue weighted by molar-refractivity contribution is 14.0. The van der Waals surface area contributed by atoms with Crippen molar-refractivity contribution in [3.8, 4) is 5.75 Å². The van der Waals surface area contributed by atoms with Gasteiger partial charge in [0.25, 0.3) is 0 Å². The van der Waals surface area contributed by atoms with Gasteiger partial charge in [-0.15, -0.1) is 24.0 Å². The zero-order valence-electron chi connectivity index (χ0n) is 19.5. The molecule has 0 bridgehead atoms. The number of aliphatic imine (C=N–C) groups is 1. The lowest BCUT2D eigenvalue weighted by Gasteiger charge is -2.26. The number of rotatable bonds is 9. The molecule has 0 amide bonds. The second-order valence-corrected chi connectivity index (χ2v) is 7.88. The Hall–Kier alpha value is -1.84. The first-order chi connectivity index (χ1) is 15.2. The standard InChI is InChI=1S/C25H36N4O2.HI/c1-4-26-25(27-11-10-21-9-8-20(2)24(17-21)30-3)28-18-22-6-5-7-23(16-22)19-29-12-14-31-15-13-29;/h5-9,16-17H,4,10-15,18-19H2,1-3H3,(H2,26,27,28);1H. The zero-order valence-corrected chi connectivity index (χ0v) is 21.9. The molecule has 0 aromatic heterocycles. The van der Waals surface area contributed by atoms with Gasteiger partial charge in [-0.3, -0.25) is 4.90 Å². The van der Waals surface area contributed by atoms with Gasteiger partial charge in [-0.2, -0.15) is 0 Å². The largest absolute Gasteiger partial charge is 0.496 e. The molecule has 7 heteroatoms. The van der Waals surface area contributed by atoms with E-state index in [2.05, 4.69) is 71.8 Å². The van der Waals surface area contributed by atoms with E-state index >= 15 is 0 Å². The van der Waals surface area contributed by atoms with Crippen LogP contribution in [-0.2, 0) is 24.2 Å². The van der Waals surface area contributed by atoms with Crippen LogP contribution in [0.5, 0.6) is 5.75 Å². The van der Waals surface area contributed by atoms with E-state index in [-0.39, 0.29) is 24.0 Å². The van der Waals surface area contributed by atoms with Crippen LogP contribution in [0.3, 0.4) is 0 Å². The predicted molar refractivity (Wildman–Crippen MR) is 142 cm³/mol. The van der Waals surface area contributed by atoms with Gasteiger partial charge in [0.05, 0.1) is 26.9 Å². The van der Waals surface area contributed by atoms with Crippen LogP contribution in [0, 0.1) is 6.92 Å². The third kappa shape index (κ3) is 8.60. The van der Waals surface area contributed by atoms with Gasteiger partial charge in [0.1, 0.15) is 5.75 Å². The average molecular weight is 553 g/mol. The molecule has 0 saturated carbocycles. The Balaban J connectivity index is 0.00000363. The molecule has 32 heavy (non-hydrogen) atoms. The van der Waals surface area contributed by atoms with Gasteiger partial charge in [-0.05, 0) is 48.6 Å². The quantitative estimate of drug-likeness (QED) is 0.282. The smallest absolute Gasteiger partial charge is 0.191 e. The topological polar surface area (TPSA) is 58.1 Å². The van der Waals surface area contributed by atoms with Crippen LogP contribution in [0.15, 0.2) is 47.5 Å². The van der Waals surface area contributed by atoms with Crippen LogP contribution >= 0.6 is 24.0 Å². The first-order valence-corrected chi connectivity index (χ1v) is 11.2. The number of guanidine groups is 1. The molecule has 3 rings (SSSR count). The van der Waals surface area contributed by atoms with Gasteiger partial charge < -0.3 is 20.1 Å². The van der Waals surface area contributed by atoms with Crippen molar-refractivity contribution in [1.29, 1.82) is 0 Å². The van der Waals surface area contributed by atoms with Crippen LogP contribution in [-0.4, -0.2) is 57.4 Å².